The minimum Gasteiger partial charge on any atom is -0.357 e. The van der Waals surface area contributed by atoms with E-state index in [1.807, 2.05) is 32.2 Å². The molecule has 7 heteroatoms. The zero-order valence-corrected chi connectivity index (χ0v) is 14.5. The summed E-state index contributed by atoms with van der Waals surface area (Å²) in [6, 6.07) is 3.65. The molecule has 3 rings (SSSR count). The van der Waals surface area contributed by atoms with Gasteiger partial charge in [-0.3, -0.25) is 9.59 Å². The van der Waals surface area contributed by atoms with Crippen LogP contribution in [-0.2, 0) is 6.54 Å². The molecule has 1 amide bonds. The number of nitrogens with one attached hydrogen (secondary N) is 3. The molecule has 0 radical (unpaired) electrons. The van der Waals surface area contributed by atoms with E-state index in [9.17, 15) is 9.59 Å². The van der Waals surface area contributed by atoms with Crippen LogP contribution in [0.2, 0.25) is 0 Å². The molecule has 3 N–H and O–H groups in total. The van der Waals surface area contributed by atoms with Gasteiger partial charge in [-0.05, 0) is 38.5 Å². The minimum atomic E-state index is -0.257. The molecule has 0 aliphatic heterocycles. The van der Waals surface area contributed by atoms with Gasteiger partial charge in [-0.1, -0.05) is 0 Å². The Hall–Kier alpha value is -2.67. The fourth-order valence-corrected chi connectivity index (χ4v) is 3.16. The number of rotatable bonds is 4. The maximum absolute atomic E-state index is 12.3. The van der Waals surface area contributed by atoms with E-state index in [0.29, 0.717) is 11.3 Å². The highest BCUT2D eigenvalue weighted by Gasteiger charge is 2.12. The normalized spacial score (nSPS) is 10.8. The summed E-state index contributed by atoms with van der Waals surface area (Å²) in [5.74, 6) is -0.257. The molecule has 0 aliphatic rings. The quantitative estimate of drug-likeness (QED) is 0.681. The number of H-pyrrole nitrogens is 2. The van der Waals surface area contributed by atoms with Crippen LogP contribution in [0.25, 0.3) is 11.3 Å². The Balaban J connectivity index is 1.72. The van der Waals surface area contributed by atoms with Gasteiger partial charge in [0.25, 0.3) is 11.5 Å². The average Bonchev–Trinajstić information content (AvgIpc) is 3.14. The molecule has 6 nitrogen and oxygen atoms in total. The standard InChI is InChI=1S/C17H18N4O2S/c1-9-4-10(2)20-16(22)13(9)7-19-17(23)14-5-12(6-18-14)15-8-24-11(3)21-15/h4-6,8,18H,7H2,1-3H3,(H,19,23)(H,20,22). The van der Waals surface area contributed by atoms with Crippen LogP contribution in [0.1, 0.15) is 32.3 Å². The third-order valence-corrected chi connectivity index (χ3v) is 4.54. The summed E-state index contributed by atoms with van der Waals surface area (Å²) in [6.45, 7) is 5.82. The molecule has 0 spiro atoms. The summed E-state index contributed by atoms with van der Waals surface area (Å²) in [7, 11) is 0. The van der Waals surface area contributed by atoms with E-state index in [-0.39, 0.29) is 18.0 Å². The lowest BCUT2D eigenvalue weighted by Gasteiger charge is -2.07. The second kappa shape index (κ2) is 6.45. The van der Waals surface area contributed by atoms with Crippen molar-refractivity contribution in [1.29, 1.82) is 0 Å². The van der Waals surface area contributed by atoms with Gasteiger partial charge in [0.05, 0.1) is 10.7 Å². The molecule has 0 fully saturated rings. The first-order valence-corrected chi connectivity index (χ1v) is 8.40. The molecule has 3 aromatic heterocycles. The molecule has 3 aromatic rings. The van der Waals surface area contributed by atoms with E-state index in [0.717, 1.165) is 27.5 Å². The number of hydrogen-bond acceptors (Lipinski definition) is 4. The van der Waals surface area contributed by atoms with Gasteiger partial charge < -0.3 is 15.3 Å². The predicted molar refractivity (Wildman–Crippen MR) is 94.3 cm³/mol. The largest absolute Gasteiger partial charge is 0.357 e. The van der Waals surface area contributed by atoms with E-state index in [2.05, 4.69) is 20.3 Å². The smallest absolute Gasteiger partial charge is 0.267 e. The lowest BCUT2D eigenvalue weighted by Crippen LogP contribution is -2.28. The highest BCUT2D eigenvalue weighted by Crippen LogP contribution is 2.22. The second-order valence-electron chi connectivity index (χ2n) is 5.68. The first-order valence-electron chi connectivity index (χ1n) is 7.52. The number of aromatic nitrogens is 3. The van der Waals surface area contributed by atoms with Crippen molar-refractivity contribution < 1.29 is 4.79 Å². The van der Waals surface area contributed by atoms with Crippen LogP contribution in [0.5, 0.6) is 0 Å². The lowest BCUT2D eigenvalue weighted by atomic mass is 10.1. The Morgan fingerprint density at radius 1 is 1.29 bits per heavy atom. The Morgan fingerprint density at radius 2 is 2.08 bits per heavy atom. The number of pyridine rings is 1. The number of carbonyl (C=O) groups is 1. The highest BCUT2D eigenvalue weighted by molar-refractivity contribution is 7.09. The van der Waals surface area contributed by atoms with Crippen LogP contribution < -0.4 is 10.9 Å². The molecule has 0 saturated heterocycles. The van der Waals surface area contributed by atoms with Crippen molar-refractivity contribution in [3.05, 3.63) is 61.6 Å². The fraction of sp³-hybridized carbons (Fsp3) is 0.235. The van der Waals surface area contributed by atoms with Crippen molar-refractivity contribution in [3.63, 3.8) is 0 Å². The lowest BCUT2D eigenvalue weighted by molar-refractivity contribution is 0.0946. The van der Waals surface area contributed by atoms with Gasteiger partial charge in [0, 0.05) is 34.9 Å². The average molecular weight is 342 g/mol. The second-order valence-corrected chi connectivity index (χ2v) is 6.74. The highest BCUT2D eigenvalue weighted by atomic mass is 32.1. The predicted octanol–water partition coefficient (Wildman–Crippen LogP) is 2.68. The van der Waals surface area contributed by atoms with E-state index >= 15 is 0 Å². The first-order chi connectivity index (χ1) is 11.4. The number of hydrogen-bond donors (Lipinski definition) is 3. The van der Waals surface area contributed by atoms with Gasteiger partial charge in [0.1, 0.15) is 5.69 Å². The number of carbonyl (C=O) groups excluding carboxylic acids is 1. The Morgan fingerprint density at radius 3 is 2.75 bits per heavy atom. The summed E-state index contributed by atoms with van der Waals surface area (Å²) in [6.07, 6.45) is 1.76. The van der Waals surface area contributed by atoms with Gasteiger partial charge in [-0.2, -0.15) is 0 Å². The number of thiazole rings is 1. The molecule has 0 bridgehead atoms. The molecular weight excluding hydrogens is 324 g/mol. The third-order valence-electron chi connectivity index (χ3n) is 3.76. The van der Waals surface area contributed by atoms with Crippen molar-refractivity contribution in [1.82, 2.24) is 20.3 Å². The summed E-state index contributed by atoms with van der Waals surface area (Å²) < 4.78 is 0. The zero-order chi connectivity index (χ0) is 17.3. The molecule has 0 saturated carbocycles. The SMILES string of the molecule is Cc1cc(C)c(CNC(=O)c2cc(-c3csc(C)n3)c[nH]2)c(=O)[nH]1. The monoisotopic (exact) mass is 342 g/mol. The summed E-state index contributed by atoms with van der Waals surface area (Å²) >= 11 is 1.57. The molecule has 0 unspecified atom stereocenters. The fourth-order valence-electron chi connectivity index (χ4n) is 2.53. The van der Waals surface area contributed by atoms with Crippen LogP contribution in [-0.4, -0.2) is 20.9 Å². The van der Waals surface area contributed by atoms with Crippen molar-refractivity contribution in [3.8, 4) is 11.3 Å². The summed E-state index contributed by atoms with van der Waals surface area (Å²) in [4.78, 5) is 34.4. The topological polar surface area (TPSA) is 90.6 Å². The maximum atomic E-state index is 12.3. The molecule has 0 atom stereocenters. The Labute approximate surface area is 143 Å². The maximum Gasteiger partial charge on any atom is 0.267 e. The van der Waals surface area contributed by atoms with E-state index in [1.165, 1.54) is 0 Å². The Bertz CT molecular complexity index is 952. The van der Waals surface area contributed by atoms with Gasteiger partial charge in [0.15, 0.2) is 0 Å². The molecule has 0 aromatic carbocycles. The van der Waals surface area contributed by atoms with Gasteiger partial charge in [0.2, 0.25) is 0 Å². The number of nitrogens with zero attached hydrogens (tertiary/aromatic N) is 1. The summed E-state index contributed by atoms with van der Waals surface area (Å²) in [5, 5.41) is 5.71. The third kappa shape index (κ3) is 3.30. The van der Waals surface area contributed by atoms with Crippen LogP contribution in [0.15, 0.2) is 28.5 Å². The van der Waals surface area contributed by atoms with E-state index in [1.54, 1.807) is 23.6 Å². The molecule has 0 aliphatic carbocycles. The zero-order valence-electron chi connectivity index (χ0n) is 13.7. The van der Waals surface area contributed by atoms with Crippen molar-refractivity contribution in [2.24, 2.45) is 0 Å². The molecule has 24 heavy (non-hydrogen) atoms. The number of aromatic amines is 2. The number of amides is 1. The van der Waals surface area contributed by atoms with Gasteiger partial charge >= 0.3 is 0 Å². The first kappa shape index (κ1) is 16.2. The Kier molecular flexibility index (Phi) is 4.35. The van der Waals surface area contributed by atoms with Crippen LogP contribution in [0.3, 0.4) is 0 Å². The van der Waals surface area contributed by atoms with Crippen molar-refractivity contribution in [2.45, 2.75) is 27.3 Å². The van der Waals surface area contributed by atoms with E-state index < -0.39 is 0 Å². The number of aryl methyl sites for hydroxylation is 3. The molecule has 124 valence electrons. The minimum absolute atomic E-state index is 0.169. The van der Waals surface area contributed by atoms with Crippen LogP contribution >= 0.6 is 11.3 Å². The molecule has 3 heterocycles. The molecular formula is C17H18N4O2S. The van der Waals surface area contributed by atoms with Gasteiger partial charge in [-0.25, -0.2) is 4.98 Å². The van der Waals surface area contributed by atoms with Crippen molar-refractivity contribution >= 4 is 17.2 Å². The van der Waals surface area contributed by atoms with Crippen molar-refractivity contribution in [2.75, 3.05) is 0 Å². The van der Waals surface area contributed by atoms with Crippen LogP contribution in [0.4, 0.5) is 0 Å². The summed E-state index contributed by atoms with van der Waals surface area (Å²) in [5.41, 5.74) is 4.22. The van der Waals surface area contributed by atoms with E-state index in [4.69, 9.17) is 0 Å². The van der Waals surface area contributed by atoms with Gasteiger partial charge in [-0.15, -0.1) is 11.3 Å². The van der Waals surface area contributed by atoms with Crippen LogP contribution in [0, 0.1) is 20.8 Å².